The van der Waals surface area contributed by atoms with Crippen molar-refractivity contribution in [3.8, 4) is 5.75 Å². The summed E-state index contributed by atoms with van der Waals surface area (Å²) in [6.45, 7) is 3.01. The van der Waals surface area contributed by atoms with E-state index in [-0.39, 0.29) is 18.6 Å². The molecule has 0 fully saturated rings. The third-order valence-corrected chi connectivity index (χ3v) is 5.50. The first-order chi connectivity index (χ1) is 10.7. The van der Waals surface area contributed by atoms with Crippen molar-refractivity contribution in [2.75, 3.05) is 13.2 Å². The van der Waals surface area contributed by atoms with Gasteiger partial charge in [0.25, 0.3) is 5.91 Å². The molecule has 2 heterocycles. The number of carbonyl (C=O) groups excluding carboxylic acids is 1. The van der Waals surface area contributed by atoms with E-state index in [0.29, 0.717) is 0 Å². The van der Waals surface area contributed by atoms with E-state index in [0.717, 1.165) is 29.6 Å². The SMILES string of the molecule is CC[C@@H]1c2ccsc2CCN1C(=O)COc1ccc(Br)cc1. The molecular weight excluding hydrogens is 362 g/mol. The van der Waals surface area contributed by atoms with E-state index in [2.05, 4.69) is 34.3 Å². The molecule has 0 bridgehead atoms. The van der Waals surface area contributed by atoms with Gasteiger partial charge in [0.05, 0.1) is 6.04 Å². The molecule has 0 radical (unpaired) electrons. The average Bonchev–Trinajstić information content (AvgIpc) is 3.01. The summed E-state index contributed by atoms with van der Waals surface area (Å²) >= 11 is 5.18. The monoisotopic (exact) mass is 379 g/mol. The Bertz CT molecular complexity index is 653. The van der Waals surface area contributed by atoms with E-state index in [1.807, 2.05) is 29.2 Å². The van der Waals surface area contributed by atoms with Gasteiger partial charge < -0.3 is 9.64 Å². The largest absolute Gasteiger partial charge is 0.484 e. The summed E-state index contributed by atoms with van der Waals surface area (Å²) in [6.07, 6.45) is 1.89. The lowest BCUT2D eigenvalue weighted by atomic mass is 9.98. The lowest BCUT2D eigenvalue weighted by molar-refractivity contribution is -0.136. The maximum absolute atomic E-state index is 12.5. The first-order valence-electron chi connectivity index (χ1n) is 7.43. The number of benzene rings is 1. The molecule has 1 aromatic heterocycles. The molecule has 1 atom stereocenters. The van der Waals surface area contributed by atoms with E-state index in [1.165, 1.54) is 10.4 Å². The zero-order valence-electron chi connectivity index (χ0n) is 12.4. The van der Waals surface area contributed by atoms with Crippen molar-refractivity contribution >= 4 is 33.2 Å². The summed E-state index contributed by atoms with van der Waals surface area (Å²) in [4.78, 5) is 15.9. The van der Waals surface area contributed by atoms with Crippen molar-refractivity contribution in [1.82, 2.24) is 4.90 Å². The number of nitrogens with zero attached hydrogens (tertiary/aromatic N) is 1. The Labute approximate surface area is 143 Å². The predicted molar refractivity (Wildman–Crippen MR) is 92.4 cm³/mol. The number of thiophene rings is 1. The molecule has 1 aromatic carbocycles. The molecule has 1 aliphatic rings. The lowest BCUT2D eigenvalue weighted by Crippen LogP contribution is -2.41. The second-order valence-corrected chi connectivity index (χ2v) is 7.22. The Morgan fingerprint density at radius 2 is 2.14 bits per heavy atom. The average molecular weight is 380 g/mol. The van der Waals surface area contributed by atoms with Crippen molar-refractivity contribution < 1.29 is 9.53 Å². The van der Waals surface area contributed by atoms with Gasteiger partial charge in [-0.05, 0) is 54.1 Å². The first kappa shape index (κ1) is 15.6. The number of fused-ring (bicyclic) bond motifs is 1. The maximum atomic E-state index is 12.5. The Balaban J connectivity index is 1.66. The number of carbonyl (C=O) groups is 1. The van der Waals surface area contributed by atoms with Crippen LogP contribution in [0.3, 0.4) is 0 Å². The van der Waals surface area contributed by atoms with Gasteiger partial charge in [0.2, 0.25) is 0 Å². The van der Waals surface area contributed by atoms with Gasteiger partial charge in [-0.15, -0.1) is 11.3 Å². The quantitative estimate of drug-likeness (QED) is 0.786. The van der Waals surface area contributed by atoms with Crippen LogP contribution in [0.5, 0.6) is 5.75 Å². The van der Waals surface area contributed by atoms with Crippen LogP contribution in [0, 0.1) is 0 Å². The minimum Gasteiger partial charge on any atom is -0.484 e. The minimum absolute atomic E-state index is 0.0617. The molecule has 0 unspecified atom stereocenters. The normalized spacial score (nSPS) is 17.2. The molecule has 22 heavy (non-hydrogen) atoms. The van der Waals surface area contributed by atoms with E-state index in [1.54, 1.807) is 11.3 Å². The van der Waals surface area contributed by atoms with Crippen molar-refractivity contribution in [3.63, 3.8) is 0 Å². The van der Waals surface area contributed by atoms with Crippen LogP contribution >= 0.6 is 27.3 Å². The van der Waals surface area contributed by atoms with Gasteiger partial charge in [0.1, 0.15) is 5.75 Å². The molecule has 0 saturated heterocycles. The zero-order chi connectivity index (χ0) is 15.5. The predicted octanol–water partition coefficient (Wildman–Crippen LogP) is 4.43. The van der Waals surface area contributed by atoms with Gasteiger partial charge in [-0.25, -0.2) is 0 Å². The summed E-state index contributed by atoms with van der Waals surface area (Å²) in [7, 11) is 0. The molecule has 5 heteroatoms. The van der Waals surface area contributed by atoms with Crippen LogP contribution in [0.1, 0.15) is 29.8 Å². The van der Waals surface area contributed by atoms with Gasteiger partial charge in [0, 0.05) is 15.9 Å². The molecule has 116 valence electrons. The van der Waals surface area contributed by atoms with Crippen LogP contribution in [0.15, 0.2) is 40.2 Å². The smallest absolute Gasteiger partial charge is 0.261 e. The highest BCUT2D eigenvalue weighted by Crippen LogP contribution is 2.35. The molecule has 2 aromatic rings. The zero-order valence-corrected chi connectivity index (χ0v) is 14.8. The van der Waals surface area contributed by atoms with Crippen LogP contribution in [-0.2, 0) is 11.2 Å². The lowest BCUT2D eigenvalue weighted by Gasteiger charge is -2.35. The van der Waals surface area contributed by atoms with Crippen LogP contribution in [0.2, 0.25) is 0 Å². The molecule has 3 nitrogen and oxygen atoms in total. The highest BCUT2D eigenvalue weighted by atomic mass is 79.9. The van der Waals surface area contributed by atoms with E-state index >= 15 is 0 Å². The number of amides is 1. The Hall–Kier alpha value is -1.33. The van der Waals surface area contributed by atoms with Crippen molar-refractivity contribution in [2.45, 2.75) is 25.8 Å². The number of hydrogen-bond donors (Lipinski definition) is 0. The number of ether oxygens (including phenoxy) is 1. The highest BCUT2D eigenvalue weighted by molar-refractivity contribution is 9.10. The number of hydrogen-bond acceptors (Lipinski definition) is 3. The van der Waals surface area contributed by atoms with Crippen molar-refractivity contribution in [3.05, 3.63) is 50.6 Å². The molecular formula is C17H18BrNO2S. The molecule has 3 rings (SSSR count). The first-order valence-corrected chi connectivity index (χ1v) is 9.10. The standard InChI is InChI=1S/C17H18BrNO2S/c1-2-15-14-8-10-22-16(14)7-9-19(15)17(20)11-21-13-5-3-12(18)4-6-13/h3-6,8,10,15H,2,7,9,11H2,1H3/t15-/m1/s1. The Morgan fingerprint density at radius 1 is 1.36 bits per heavy atom. The fourth-order valence-corrected chi connectivity index (χ4v) is 4.09. The fraction of sp³-hybridized carbons (Fsp3) is 0.353. The maximum Gasteiger partial charge on any atom is 0.261 e. The Morgan fingerprint density at radius 3 is 2.86 bits per heavy atom. The summed E-state index contributed by atoms with van der Waals surface area (Å²) in [6, 6.07) is 9.89. The summed E-state index contributed by atoms with van der Waals surface area (Å²) in [5, 5.41) is 2.12. The van der Waals surface area contributed by atoms with Crippen molar-refractivity contribution in [1.29, 1.82) is 0 Å². The third-order valence-electron chi connectivity index (χ3n) is 3.98. The van der Waals surface area contributed by atoms with Crippen LogP contribution < -0.4 is 4.74 Å². The summed E-state index contributed by atoms with van der Waals surface area (Å²) in [5.41, 5.74) is 1.32. The van der Waals surface area contributed by atoms with E-state index in [4.69, 9.17) is 4.74 Å². The highest BCUT2D eigenvalue weighted by Gasteiger charge is 2.30. The van der Waals surface area contributed by atoms with Gasteiger partial charge in [-0.3, -0.25) is 4.79 Å². The van der Waals surface area contributed by atoms with Gasteiger partial charge in [0.15, 0.2) is 6.61 Å². The molecule has 0 N–H and O–H groups in total. The molecule has 1 amide bonds. The molecule has 0 spiro atoms. The van der Waals surface area contributed by atoms with Gasteiger partial charge in [-0.1, -0.05) is 22.9 Å². The van der Waals surface area contributed by atoms with E-state index in [9.17, 15) is 4.79 Å². The minimum atomic E-state index is 0.0617. The van der Waals surface area contributed by atoms with Crippen LogP contribution in [0.4, 0.5) is 0 Å². The van der Waals surface area contributed by atoms with Crippen LogP contribution in [-0.4, -0.2) is 24.0 Å². The number of halogens is 1. The van der Waals surface area contributed by atoms with Crippen molar-refractivity contribution in [2.24, 2.45) is 0 Å². The second kappa shape index (κ2) is 6.84. The van der Waals surface area contributed by atoms with Gasteiger partial charge in [-0.2, -0.15) is 0 Å². The summed E-state index contributed by atoms with van der Waals surface area (Å²) in [5.74, 6) is 0.782. The second-order valence-electron chi connectivity index (χ2n) is 5.30. The molecule has 0 saturated carbocycles. The van der Waals surface area contributed by atoms with Crippen LogP contribution in [0.25, 0.3) is 0 Å². The fourth-order valence-electron chi connectivity index (χ4n) is 2.89. The Kier molecular flexibility index (Phi) is 4.84. The summed E-state index contributed by atoms with van der Waals surface area (Å²) < 4.78 is 6.63. The number of rotatable bonds is 4. The third kappa shape index (κ3) is 3.20. The van der Waals surface area contributed by atoms with E-state index < -0.39 is 0 Å². The molecule has 1 aliphatic heterocycles. The topological polar surface area (TPSA) is 29.5 Å². The molecule has 0 aliphatic carbocycles. The van der Waals surface area contributed by atoms with Gasteiger partial charge >= 0.3 is 0 Å².